The molecule has 9 aromatic rings. The predicted octanol–water partition coefficient (Wildman–Crippen LogP) is 5.93. The number of hydrogen-bond donors (Lipinski definition) is 0. The van der Waals surface area contributed by atoms with Crippen LogP contribution in [0.3, 0.4) is 0 Å². The topological polar surface area (TPSA) is 116 Å². The second kappa shape index (κ2) is 12.6. The Kier molecular flexibility index (Phi) is 8.12. The van der Waals surface area contributed by atoms with Crippen molar-refractivity contribution in [2.45, 2.75) is 0 Å². The molecule has 9 aromatic heterocycles. The van der Waals surface area contributed by atoms with Gasteiger partial charge in [0.2, 0.25) is 0 Å². The summed E-state index contributed by atoms with van der Waals surface area (Å²) in [5.74, 6) is 0. The van der Waals surface area contributed by atoms with E-state index in [1.807, 2.05) is 36.4 Å². The smallest absolute Gasteiger partial charge is 0.334 e. The summed E-state index contributed by atoms with van der Waals surface area (Å²) in [6, 6.07) is 26.3. The van der Waals surface area contributed by atoms with Gasteiger partial charge in [0.25, 0.3) is 0 Å². The van der Waals surface area contributed by atoms with E-state index in [1.54, 1.807) is 74.0 Å². The fraction of sp³-hybridized carbons (Fsp3) is 0. The van der Waals surface area contributed by atoms with E-state index in [1.165, 1.54) is 0 Å². The fourth-order valence-electron chi connectivity index (χ4n) is 4.47. The summed E-state index contributed by atoms with van der Waals surface area (Å²) in [5.41, 5.74) is 4.80. The molecule has 0 aliphatic rings. The van der Waals surface area contributed by atoms with E-state index >= 15 is 0 Å². The normalized spacial score (nSPS) is 10.6. The molecule has 0 spiro atoms. The Morgan fingerprint density at radius 3 is 1.02 bits per heavy atom. The molecular weight excluding hydrogens is 715 g/mol. The molecule has 0 radical (unpaired) electrons. The third-order valence-electron chi connectivity index (χ3n) is 6.37. The number of fused-ring (bicyclic) bond motifs is 9. The van der Waals surface area contributed by atoms with Crippen LogP contribution in [-0.2, 0) is 20.1 Å². The SMILES string of the molecule is [Ir+3].[c-]1ccnc2ncc3cccnc3c12.[c-]1ccnc2ncc3cccnc3c12.[c-]1ccnc2ncc3cccnc3c12. The molecule has 9 rings (SSSR count). The minimum Gasteiger partial charge on any atom is -0.334 e. The van der Waals surface area contributed by atoms with Gasteiger partial charge in [0.05, 0.1) is 16.9 Å². The molecule has 0 amide bonds. The first-order valence-corrected chi connectivity index (χ1v) is 12.9. The van der Waals surface area contributed by atoms with Crippen LogP contribution >= 0.6 is 0 Å². The van der Waals surface area contributed by atoms with Crippen LogP contribution in [0.2, 0.25) is 0 Å². The molecule has 0 saturated carbocycles. The van der Waals surface area contributed by atoms with Crippen molar-refractivity contribution >= 4 is 65.8 Å². The van der Waals surface area contributed by atoms with Crippen LogP contribution < -0.4 is 0 Å². The zero-order valence-corrected chi connectivity index (χ0v) is 24.6. The first-order valence-electron chi connectivity index (χ1n) is 12.9. The summed E-state index contributed by atoms with van der Waals surface area (Å²) in [5, 5.41) is 5.69. The van der Waals surface area contributed by atoms with E-state index in [4.69, 9.17) is 0 Å². The number of rotatable bonds is 0. The van der Waals surface area contributed by atoms with Gasteiger partial charge < -0.3 is 29.9 Å². The quantitative estimate of drug-likeness (QED) is 0.138. The summed E-state index contributed by atoms with van der Waals surface area (Å²) < 4.78 is 0. The summed E-state index contributed by atoms with van der Waals surface area (Å²) in [6.07, 6.45) is 15.7. The molecule has 9 nitrogen and oxygen atoms in total. The van der Waals surface area contributed by atoms with E-state index in [-0.39, 0.29) is 20.1 Å². The van der Waals surface area contributed by atoms with Gasteiger partial charge in [-0.15, -0.1) is 36.4 Å². The van der Waals surface area contributed by atoms with E-state index in [2.05, 4.69) is 63.1 Å². The number of pyridine rings is 9. The van der Waals surface area contributed by atoms with Gasteiger partial charge in [-0.2, -0.15) is 0 Å². The maximum Gasteiger partial charge on any atom is 3.00 e. The van der Waals surface area contributed by atoms with Gasteiger partial charge >= 0.3 is 20.1 Å². The van der Waals surface area contributed by atoms with Gasteiger partial charge in [0.1, 0.15) is 0 Å². The Hall–Kier alpha value is -5.44. The average Bonchev–Trinajstić information content (AvgIpc) is 3.09. The third kappa shape index (κ3) is 5.70. The van der Waals surface area contributed by atoms with E-state index < -0.39 is 0 Å². The summed E-state index contributed by atoms with van der Waals surface area (Å²) in [4.78, 5) is 38.0. The minimum atomic E-state index is 0. The first kappa shape index (κ1) is 27.7. The average molecular weight is 733 g/mol. The van der Waals surface area contributed by atoms with Crippen molar-refractivity contribution in [1.82, 2.24) is 44.9 Å². The van der Waals surface area contributed by atoms with Crippen LogP contribution in [0.25, 0.3) is 65.8 Å². The molecular formula is C33H18IrN9. The largest absolute Gasteiger partial charge is 3.00 e. The number of hydrogen-bond acceptors (Lipinski definition) is 9. The molecule has 43 heavy (non-hydrogen) atoms. The zero-order chi connectivity index (χ0) is 28.1. The van der Waals surface area contributed by atoms with Crippen LogP contribution in [0.1, 0.15) is 0 Å². The van der Waals surface area contributed by atoms with Gasteiger partial charge in [-0.05, 0) is 34.4 Å². The van der Waals surface area contributed by atoms with E-state index in [9.17, 15) is 0 Å². The Balaban J connectivity index is 0.000000113. The molecule has 0 bridgehead atoms. The third-order valence-corrected chi connectivity index (χ3v) is 6.37. The van der Waals surface area contributed by atoms with Crippen molar-refractivity contribution in [3.63, 3.8) is 0 Å². The van der Waals surface area contributed by atoms with Crippen molar-refractivity contribution in [2.24, 2.45) is 0 Å². The fourth-order valence-corrected chi connectivity index (χ4v) is 4.47. The molecule has 0 saturated heterocycles. The molecule has 0 aliphatic heterocycles. The number of nitrogens with zero attached hydrogens (tertiary/aromatic N) is 9. The second-order valence-corrected chi connectivity index (χ2v) is 8.96. The molecule has 10 heteroatoms. The van der Waals surface area contributed by atoms with Gasteiger partial charge in [0.15, 0.2) is 0 Å². The summed E-state index contributed by atoms with van der Waals surface area (Å²) >= 11 is 0. The van der Waals surface area contributed by atoms with Crippen molar-refractivity contribution in [3.05, 3.63) is 129 Å². The maximum absolute atomic E-state index is 4.30. The Morgan fingerprint density at radius 1 is 0.372 bits per heavy atom. The van der Waals surface area contributed by atoms with E-state index in [0.29, 0.717) is 16.9 Å². The minimum absolute atomic E-state index is 0. The zero-order valence-electron chi connectivity index (χ0n) is 22.3. The summed E-state index contributed by atoms with van der Waals surface area (Å²) in [7, 11) is 0. The second-order valence-electron chi connectivity index (χ2n) is 8.96. The van der Waals surface area contributed by atoms with Gasteiger partial charge in [-0.3, -0.25) is 15.0 Å². The Morgan fingerprint density at radius 2 is 0.698 bits per heavy atom. The van der Waals surface area contributed by atoms with Crippen LogP contribution in [0, 0.1) is 18.2 Å². The molecule has 0 N–H and O–H groups in total. The van der Waals surface area contributed by atoms with Crippen molar-refractivity contribution in [1.29, 1.82) is 0 Å². The maximum atomic E-state index is 4.30. The van der Waals surface area contributed by atoms with Crippen molar-refractivity contribution in [3.8, 4) is 0 Å². The monoisotopic (exact) mass is 733 g/mol. The van der Waals surface area contributed by atoms with E-state index in [0.717, 1.165) is 48.9 Å². The van der Waals surface area contributed by atoms with Crippen LogP contribution in [0.5, 0.6) is 0 Å². The summed E-state index contributed by atoms with van der Waals surface area (Å²) in [6.45, 7) is 0. The van der Waals surface area contributed by atoms with Gasteiger partial charge in [-0.25, -0.2) is 0 Å². The Bertz CT molecular complexity index is 1920. The van der Waals surface area contributed by atoms with Crippen molar-refractivity contribution < 1.29 is 20.1 Å². The Labute approximate surface area is 258 Å². The van der Waals surface area contributed by atoms with Crippen LogP contribution in [0.15, 0.2) is 110 Å². The molecule has 0 fully saturated rings. The van der Waals surface area contributed by atoms with Crippen molar-refractivity contribution in [2.75, 3.05) is 0 Å². The van der Waals surface area contributed by atoms with Gasteiger partial charge in [0, 0.05) is 53.7 Å². The predicted molar refractivity (Wildman–Crippen MR) is 161 cm³/mol. The molecule has 0 unspecified atom stereocenters. The molecule has 0 aromatic carbocycles. The van der Waals surface area contributed by atoms with Crippen LogP contribution in [-0.4, -0.2) is 44.9 Å². The van der Waals surface area contributed by atoms with Crippen LogP contribution in [0.4, 0.5) is 0 Å². The first-order chi connectivity index (χ1) is 20.8. The standard InChI is InChI=1S/3C11H6N3.Ir/c3*1-3-8-7-14-11-9(4-2-6-13-11)10(8)12-5-1;/h3*1-3,5-7H;/q3*-1;+3. The molecule has 0 aliphatic carbocycles. The molecule has 204 valence electrons. The number of aromatic nitrogens is 9. The van der Waals surface area contributed by atoms with Gasteiger partial charge in [-0.1, -0.05) is 52.9 Å². The molecule has 9 heterocycles. The molecule has 0 atom stereocenters.